The summed E-state index contributed by atoms with van der Waals surface area (Å²) < 4.78 is 5.40. The number of alkyl carbamates (subject to hydrolysis) is 1. The topological polar surface area (TPSA) is 130 Å². The van der Waals surface area contributed by atoms with Crippen LogP contribution < -0.4 is 16.5 Å². The van der Waals surface area contributed by atoms with Gasteiger partial charge >= 0.3 is 6.09 Å². The van der Waals surface area contributed by atoms with Crippen molar-refractivity contribution in [3.8, 4) is 11.3 Å². The van der Waals surface area contributed by atoms with Gasteiger partial charge in [-0.25, -0.2) is 9.80 Å². The first-order chi connectivity index (χ1) is 21.6. The van der Waals surface area contributed by atoms with E-state index in [0.717, 1.165) is 27.9 Å². The van der Waals surface area contributed by atoms with Gasteiger partial charge in [-0.3, -0.25) is 15.2 Å². The molecule has 4 aromatic rings. The van der Waals surface area contributed by atoms with E-state index in [9.17, 15) is 14.7 Å². The number of pyridine rings is 1. The molecule has 46 heavy (non-hydrogen) atoms. The van der Waals surface area contributed by atoms with Crippen LogP contribution >= 0.6 is 12.4 Å². The van der Waals surface area contributed by atoms with Gasteiger partial charge in [0.25, 0.3) is 5.91 Å². The number of aromatic nitrogens is 1. The molecule has 0 unspecified atom stereocenters. The Morgan fingerprint density at radius 3 is 2.07 bits per heavy atom. The van der Waals surface area contributed by atoms with Gasteiger partial charge in [-0.2, -0.15) is 0 Å². The largest absolute Gasteiger partial charge is 0.445 e. The second-order valence-electron chi connectivity index (χ2n) is 12.2. The Hall–Kier alpha value is -4.28. The predicted molar refractivity (Wildman–Crippen MR) is 183 cm³/mol. The quantitative estimate of drug-likeness (QED) is 0.146. The number of carbonyl (C=O) groups is 2. The minimum Gasteiger partial charge on any atom is -0.445 e. The van der Waals surface area contributed by atoms with Crippen LogP contribution in [-0.2, 0) is 29.1 Å². The lowest BCUT2D eigenvalue weighted by Gasteiger charge is -2.34. The van der Waals surface area contributed by atoms with Crippen LogP contribution in [0.1, 0.15) is 37.5 Å². The highest BCUT2D eigenvalue weighted by atomic mass is 35.5. The summed E-state index contributed by atoms with van der Waals surface area (Å²) in [6.45, 7) is 6.02. The summed E-state index contributed by atoms with van der Waals surface area (Å²) in [7, 11) is 0. The number of nitrogens with two attached hydrogens (primary N) is 1. The van der Waals surface area contributed by atoms with Crippen molar-refractivity contribution in [2.45, 2.75) is 58.5 Å². The number of carbonyl (C=O) groups excluding carboxylic acids is 2. The lowest BCUT2D eigenvalue weighted by molar-refractivity contribution is -0.131. The molecule has 9 nitrogen and oxygen atoms in total. The Morgan fingerprint density at radius 2 is 1.48 bits per heavy atom. The molecule has 5 N–H and O–H groups in total. The molecule has 4 rings (SSSR count). The van der Waals surface area contributed by atoms with Crippen LogP contribution in [0.25, 0.3) is 11.3 Å². The highest BCUT2D eigenvalue weighted by Crippen LogP contribution is 2.21. The molecule has 0 saturated heterocycles. The molecule has 0 saturated carbocycles. The fourth-order valence-corrected chi connectivity index (χ4v) is 4.85. The number of nitrogens with one attached hydrogen (secondary N) is 2. The first-order valence-electron chi connectivity index (χ1n) is 15.1. The van der Waals surface area contributed by atoms with Crippen molar-refractivity contribution < 1.29 is 19.4 Å². The molecule has 0 aliphatic rings. The molecule has 0 bridgehead atoms. The van der Waals surface area contributed by atoms with E-state index in [-0.39, 0.29) is 25.6 Å². The van der Waals surface area contributed by atoms with Gasteiger partial charge in [0.1, 0.15) is 12.6 Å². The molecule has 3 aromatic carbocycles. The number of hydrogen-bond donors (Lipinski definition) is 4. The summed E-state index contributed by atoms with van der Waals surface area (Å²) in [6, 6.07) is 31.2. The van der Waals surface area contributed by atoms with Crippen molar-refractivity contribution in [3.63, 3.8) is 0 Å². The first-order valence-corrected chi connectivity index (χ1v) is 15.1. The number of aliphatic hydroxyl groups is 1. The van der Waals surface area contributed by atoms with E-state index in [0.29, 0.717) is 13.0 Å². The number of rotatable bonds is 13. The highest BCUT2D eigenvalue weighted by Gasteiger charge is 2.34. The molecule has 0 spiro atoms. The predicted octanol–water partition coefficient (Wildman–Crippen LogP) is 5.28. The van der Waals surface area contributed by atoms with E-state index in [2.05, 4.69) is 15.7 Å². The molecule has 2 amide bonds. The fourth-order valence-electron chi connectivity index (χ4n) is 4.85. The summed E-state index contributed by atoms with van der Waals surface area (Å²) in [5.74, 6) is -0.437. The van der Waals surface area contributed by atoms with E-state index in [1.165, 1.54) is 0 Å². The van der Waals surface area contributed by atoms with E-state index in [1.54, 1.807) is 11.2 Å². The third kappa shape index (κ3) is 11.3. The minimum atomic E-state index is -0.949. The second kappa shape index (κ2) is 17.4. The number of halogens is 1. The second-order valence-corrected chi connectivity index (χ2v) is 12.2. The van der Waals surface area contributed by atoms with Crippen LogP contribution in [0.2, 0.25) is 0 Å². The van der Waals surface area contributed by atoms with E-state index < -0.39 is 35.6 Å². The third-order valence-corrected chi connectivity index (χ3v) is 7.38. The zero-order valence-corrected chi connectivity index (χ0v) is 27.3. The standard InChI is InChI=1S/C36H43N5O4.ClH/c1-36(2,3)33(39-35(44)45-25-28-14-8-5-9-15-28)34(43)40-41(24-32(42)30(37)22-26-12-6-4-7-13-26)23-27-17-19-29(20-18-27)31-16-10-11-21-38-31;/h4-21,30,32-33,42H,22-25,37H2,1-3H3,(H,39,44)(H,40,43);1H/t30-,32-,33+;/m0./s1. The van der Waals surface area contributed by atoms with Crippen LogP contribution in [0, 0.1) is 5.41 Å². The smallest absolute Gasteiger partial charge is 0.408 e. The molecular formula is C36H44ClN5O4. The Kier molecular flexibility index (Phi) is 13.7. The highest BCUT2D eigenvalue weighted by molar-refractivity contribution is 5.86. The molecule has 1 aromatic heterocycles. The SMILES string of the molecule is CC(C)(C)[C@H](NC(=O)OCc1ccccc1)C(=O)NN(Cc1ccc(-c2ccccn2)cc1)C[C@H](O)[C@@H](N)Cc1ccccc1.Cl. The Balaban J connectivity index is 0.00000576. The van der Waals surface area contributed by atoms with Crippen molar-refractivity contribution in [2.75, 3.05) is 6.54 Å². The van der Waals surface area contributed by atoms with Crippen molar-refractivity contribution >= 4 is 24.4 Å². The van der Waals surface area contributed by atoms with Gasteiger partial charge < -0.3 is 20.9 Å². The molecular weight excluding hydrogens is 602 g/mol. The van der Waals surface area contributed by atoms with Gasteiger partial charge in [0.05, 0.1) is 11.8 Å². The van der Waals surface area contributed by atoms with Gasteiger partial charge in [0.2, 0.25) is 0 Å². The summed E-state index contributed by atoms with van der Waals surface area (Å²) in [4.78, 5) is 30.9. The summed E-state index contributed by atoms with van der Waals surface area (Å²) in [5, 5.41) is 15.5. The van der Waals surface area contributed by atoms with Crippen LogP contribution in [0.3, 0.4) is 0 Å². The molecule has 244 valence electrons. The van der Waals surface area contributed by atoms with Gasteiger partial charge in [0.15, 0.2) is 0 Å². The third-order valence-electron chi connectivity index (χ3n) is 7.38. The molecule has 3 atom stereocenters. The summed E-state index contributed by atoms with van der Waals surface area (Å²) in [6.07, 6.45) is 0.574. The number of ether oxygens (including phenoxy) is 1. The monoisotopic (exact) mass is 645 g/mol. The van der Waals surface area contributed by atoms with Gasteiger partial charge in [-0.1, -0.05) is 112 Å². The lowest BCUT2D eigenvalue weighted by atomic mass is 9.86. The average molecular weight is 646 g/mol. The maximum absolute atomic E-state index is 13.7. The zero-order chi connectivity index (χ0) is 32.2. The zero-order valence-electron chi connectivity index (χ0n) is 26.5. The van der Waals surface area contributed by atoms with Gasteiger partial charge in [-0.15, -0.1) is 12.4 Å². The van der Waals surface area contributed by atoms with Crippen LogP contribution in [0.15, 0.2) is 109 Å². The van der Waals surface area contributed by atoms with Crippen molar-refractivity contribution in [3.05, 3.63) is 126 Å². The minimum absolute atomic E-state index is 0. The van der Waals surface area contributed by atoms with Crippen LogP contribution in [-0.4, -0.2) is 51.8 Å². The number of hydrazine groups is 1. The van der Waals surface area contributed by atoms with E-state index >= 15 is 0 Å². The Labute approximate surface area is 277 Å². The average Bonchev–Trinajstić information content (AvgIpc) is 3.03. The number of hydrogen-bond acceptors (Lipinski definition) is 7. The molecule has 0 aliphatic heterocycles. The van der Waals surface area contributed by atoms with E-state index in [4.69, 9.17) is 10.5 Å². The molecule has 1 heterocycles. The molecule has 0 radical (unpaired) electrons. The molecule has 0 aliphatic carbocycles. The number of benzene rings is 3. The number of amides is 2. The summed E-state index contributed by atoms with van der Waals surface area (Å²) >= 11 is 0. The normalized spacial score (nSPS) is 13.2. The number of nitrogens with zero attached hydrogens (tertiary/aromatic N) is 2. The maximum Gasteiger partial charge on any atom is 0.408 e. The van der Waals surface area contributed by atoms with Crippen molar-refractivity contribution in [1.29, 1.82) is 0 Å². The number of aliphatic hydroxyl groups excluding tert-OH is 1. The first kappa shape index (κ1) is 36.2. The Bertz CT molecular complexity index is 1490. The molecule has 0 fully saturated rings. The Morgan fingerprint density at radius 1 is 0.870 bits per heavy atom. The van der Waals surface area contributed by atoms with Gasteiger partial charge in [0, 0.05) is 30.9 Å². The van der Waals surface area contributed by atoms with Crippen molar-refractivity contribution in [2.24, 2.45) is 11.1 Å². The lowest BCUT2D eigenvalue weighted by Crippen LogP contribution is -2.58. The van der Waals surface area contributed by atoms with Crippen LogP contribution in [0.5, 0.6) is 0 Å². The maximum atomic E-state index is 13.7. The van der Waals surface area contributed by atoms with Crippen LogP contribution in [0.4, 0.5) is 4.79 Å². The molecule has 10 heteroatoms. The summed E-state index contributed by atoms with van der Waals surface area (Å²) in [5.41, 5.74) is 13.3. The fraction of sp³-hybridized carbons (Fsp3) is 0.306. The van der Waals surface area contributed by atoms with Gasteiger partial charge in [-0.05, 0) is 40.7 Å². The van der Waals surface area contributed by atoms with E-state index in [1.807, 2.05) is 124 Å². The van der Waals surface area contributed by atoms with Crippen molar-refractivity contribution in [1.82, 2.24) is 20.7 Å².